The molecule has 0 spiro atoms. The first-order chi connectivity index (χ1) is 13.3. The molecule has 1 N–H and O–H groups in total. The van der Waals surface area contributed by atoms with Crippen LogP contribution in [0.15, 0.2) is 42.5 Å². The average Bonchev–Trinajstić information content (AvgIpc) is 2.67. The van der Waals surface area contributed by atoms with Crippen molar-refractivity contribution in [1.29, 1.82) is 0 Å². The molecule has 1 heterocycles. The highest BCUT2D eigenvalue weighted by atomic mass is 35.5. The monoisotopic (exact) mass is 420 g/mol. The fourth-order valence-corrected chi connectivity index (χ4v) is 5.15. The Labute approximate surface area is 171 Å². The van der Waals surface area contributed by atoms with E-state index in [9.17, 15) is 13.2 Å². The van der Waals surface area contributed by atoms with Gasteiger partial charge in [0.05, 0.1) is 11.7 Å². The third-order valence-electron chi connectivity index (χ3n) is 5.27. The molecule has 1 fully saturated rings. The molecule has 0 bridgehead atoms. The zero-order valence-electron chi connectivity index (χ0n) is 16.1. The van der Waals surface area contributed by atoms with Gasteiger partial charge in [0.2, 0.25) is 15.9 Å². The topological polar surface area (TPSA) is 66.5 Å². The van der Waals surface area contributed by atoms with Crippen LogP contribution in [0.4, 0.5) is 5.69 Å². The van der Waals surface area contributed by atoms with E-state index in [0.29, 0.717) is 30.0 Å². The Kier molecular flexibility index (Phi) is 6.43. The van der Waals surface area contributed by atoms with Gasteiger partial charge >= 0.3 is 0 Å². The summed E-state index contributed by atoms with van der Waals surface area (Å²) < 4.78 is 27.1. The summed E-state index contributed by atoms with van der Waals surface area (Å²) in [4.78, 5) is 12.8. The summed E-state index contributed by atoms with van der Waals surface area (Å²) >= 11 is 5.87. The maximum absolute atomic E-state index is 12.8. The number of benzene rings is 2. The van der Waals surface area contributed by atoms with E-state index in [4.69, 9.17) is 11.6 Å². The molecule has 1 amide bonds. The minimum absolute atomic E-state index is 0.0878. The number of aryl methyl sites for hydroxylation is 1. The number of hydrogen-bond donors (Lipinski definition) is 1. The third-order valence-corrected chi connectivity index (χ3v) is 7.34. The summed E-state index contributed by atoms with van der Waals surface area (Å²) in [7, 11) is -3.49. The summed E-state index contributed by atoms with van der Waals surface area (Å²) in [6.07, 6.45) is 1.36. The fraction of sp³-hybridized carbons (Fsp3) is 0.381. The standard InChI is InChI=1S/C21H25ClN2O3S/c1-15-5-3-7-20(16(15)2)23-21(25)18-6-4-12-24(13-18)28(26,27)14-17-8-10-19(22)11-9-17/h3,5,7-11,18H,4,6,12-14H2,1-2H3,(H,23,25)/t18-/m0/s1. The lowest BCUT2D eigenvalue weighted by Crippen LogP contribution is -2.44. The Morgan fingerprint density at radius 1 is 1.18 bits per heavy atom. The lowest BCUT2D eigenvalue weighted by Gasteiger charge is -2.31. The molecule has 0 aromatic heterocycles. The molecule has 3 rings (SSSR count). The molecule has 0 unspecified atom stereocenters. The smallest absolute Gasteiger partial charge is 0.228 e. The van der Waals surface area contributed by atoms with Gasteiger partial charge in [0.1, 0.15) is 0 Å². The van der Waals surface area contributed by atoms with Crippen LogP contribution in [0, 0.1) is 19.8 Å². The van der Waals surface area contributed by atoms with Crippen molar-refractivity contribution in [2.75, 3.05) is 18.4 Å². The zero-order valence-corrected chi connectivity index (χ0v) is 17.7. The van der Waals surface area contributed by atoms with E-state index in [-0.39, 0.29) is 24.1 Å². The largest absolute Gasteiger partial charge is 0.326 e. The van der Waals surface area contributed by atoms with Crippen LogP contribution < -0.4 is 5.32 Å². The van der Waals surface area contributed by atoms with E-state index in [1.807, 2.05) is 32.0 Å². The highest BCUT2D eigenvalue weighted by molar-refractivity contribution is 7.88. The molecule has 7 heteroatoms. The Bertz CT molecular complexity index is 958. The lowest BCUT2D eigenvalue weighted by molar-refractivity contribution is -0.120. The maximum atomic E-state index is 12.8. The molecule has 5 nitrogen and oxygen atoms in total. The van der Waals surface area contributed by atoms with Crippen molar-refractivity contribution >= 4 is 33.2 Å². The van der Waals surface area contributed by atoms with E-state index < -0.39 is 10.0 Å². The van der Waals surface area contributed by atoms with Crippen LogP contribution in [0.1, 0.15) is 29.5 Å². The predicted molar refractivity (Wildman–Crippen MR) is 113 cm³/mol. The van der Waals surface area contributed by atoms with Gasteiger partial charge in [0.15, 0.2) is 0 Å². The Balaban J connectivity index is 1.68. The van der Waals surface area contributed by atoms with Crippen molar-refractivity contribution in [2.45, 2.75) is 32.4 Å². The lowest BCUT2D eigenvalue weighted by atomic mass is 9.98. The number of piperidine rings is 1. The second kappa shape index (κ2) is 8.64. The summed E-state index contributed by atoms with van der Waals surface area (Å²) in [6, 6.07) is 12.6. The number of halogens is 1. The van der Waals surface area contributed by atoms with Crippen LogP contribution in [0.5, 0.6) is 0 Å². The van der Waals surface area contributed by atoms with Crippen LogP contribution in [0.25, 0.3) is 0 Å². The number of rotatable bonds is 5. The number of amides is 1. The number of carbonyl (C=O) groups excluding carboxylic acids is 1. The summed E-state index contributed by atoms with van der Waals surface area (Å²) in [5, 5.41) is 3.55. The predicted octanol–water partition coefficient (Wildman–Crippen LogP) is 4.14. The Hall–Kier alpha value is -1.89. The van der Waals surface area contributed by atoms with Crippen LogP contribution in [-0.2, 0) is 20.6 Å². The molecule has 1 aliphatic heterocycles. The summed E-state index contributed by atoms with van der Waals surface area (Å²) in [5.74, 6) is -0.566. The molecule has 0 radical (unpaired) electrons. The van der Waals surface area contributed by atoms with E-state index in [1.54, 1.807) is 24.3 Å². The molecule has 2 aromatic carbocycles. The number of carbonyl (C=O) groups is 1. The molecule has 1 saturated heterocycles. The van der Waals surface area contributed by atoms with Crippen LogP contribution in [0.2, 0.25) is 5.02 Å². The Morgan fingerprint density at radius 2 is 1.89 bits per heavy atom. The minimum Gasteiger partial charge on any atom is -0.326 e. The minimum atomic E-state index is -3.49. The molecule has 1 atom stereocenters. The van der Waals surface area contributed by atoms with Gasteiger partial charge < -0.3 is 5.32 Å². The van der Waals surface area contributed by atoms with Crippen molar-refractivity contribution in [3.63, 3.8) is 0 Å². The number of anilines is 1. The van der Waals surface area contributed by atoms with Gasteiger partial charge in [0.25, 0.3) is 0 Å². The van der Waals surface area contributed by atoms with Crippen molar-refractivity contribution in [3.05, 3.63) is 64.2 Å². The van der Waals surface area contributed by atoms with Gasteiger partial charge in [-0.25, -0.2) is 12.7 Å². The van der Waals surface area contributed by atoms with Crippen molar-refractivity contribution in [1.82, 2.24) is 4.31 Å². The van der Waals surface area contributed by atoms with Crippen molar-refractivity contribution in [3.8, 4) is 0 Å². The van der Waals surface area contributed by atoms with Crippen molar-refractivity contribution < 1.29 is 13.2 Å². The summed E-state index contributed by atoms with van der Waals surface area (Å²) in [5.41, 5.74) is 3.60. The third kappa shape index (κ3) is 4.93. The molecule has 1 aliphatic rings. The number of sulfonamides is 1. The molecule has 150 valence electrons. The Morgan fingerprint density at radius 3 is 2.61 bits per heavy atom. The zero-order chi connectivity index (χ0) is 20.3. The fourth-order valence-electron chi connectivity index (χ4n) is 3.41. The maximum Gasteiger partial charge on any atom is 0.228 e. The van der Waals surface area contributed by atoms with Crippen LogP contribution in [0.3, 0.4) is 0 Å². The highest BCUT2D eigenvalue weighted by Gasteiger charge is 2.32. The van der Waals surface area contributed by atoms with Gasteiger partial charge in [-0.2, -0.15) is 0 Å². The molecule has 0 aliphatic carbocycles. The highest BCUT2D eigenvalue weighted by Crippen LogP contribution is 2.25. The number of nitrogens with one attached hydrogen (secondary N) is 1. The molecular formula is C21H25ClN2O3S. The quantitative estimate of drug-likeness (QED) is 0.790. The molecule has 2 aromatic rings. The number of nitrogens with zero attached hydrogens (tertiary/aromatic N) is 1. The first-order valence-corrected chi connectivity index (χ1v) is 11.3. The van der Waals surface area contributed by atoms with Gasteiger partial charge in [-0.05, 0) is 61.6 Å². The second-order valence-corrected chi connectivity index (χ2v) is 9.72. The van der Waals surface area contributed by atoms with E-state index in [1.165, 1.54) is 4.31 Å². The molecular weight excluding hydrogens is 396 g/mol. The van der Waals surface area contributed by atoms with Gasteiger partial charge in [-0.15, -0.1) is 0 Å². The molecule has 28 heavy (non-hydrogen) atoms. The van der Waals surface area contributed by atoms with E-state index in [2.05, 4.69) is 5.32 Å². The first-order valence-electron chi connectivity index (χ1n) is 9.35. The van der Waals surface area contributed by atoms with Crippen molar-refractivity contribution in [2.24, 2.45) is 5.92 Å². The normalized spacial score (nSPS) is 18.0. The molecule has 0 saturated carbocycles. The van der Waals surface area contributed by atoms with Gasteiger partial charge in [-0.3, -0.25) is 4.79 Å². The average molecular weight is 421 g/mol. The van der Waals surface area contributed by atoms with E-state index in [0.717, 1.165) is 16.8 Å². The first kappa shape index (κ1) is 20.8. The van der Waals surface area contributed by atoms with E-state index >= 15 is 0 Å². The van der Waals surface area contributed by atoms with Gasteiger partial charge in [0, 0.05) is 23.8 Å². The van der Waals surface area contributed by atoms with Crippen LogP contribution >= 0.6 is 11.6 Å². The summed E-state index contributed by atoms with van der Waals surface area (Å²) in [6.45, 7) is 4.63. The van der Waals surface area contributed by atoms with Crippen LogP contribution in [-0.4, -0.2) is 31.7 Å². The second-order valence-electron chi connectivity index (χ2n) is 7.32. The number of hydrogen-bond acceptors (Lipinski definition) is 3. The SMILES string of the molecule is Cc1cccc(NC(=O)[C@H]2CCCN(S(=O)(=O)Cc3ccc(Cl)cc3)C2)c1C. The van der Waals surface area contributed by atoms with Gasteiger partial charge in [-0.1, -0.05) is 35.9 Å².